The Bertz CT molecular complexity index is 1300. The van der Waals surface area contributed by atoms with Crippen molar-refractivity contribution in [3.63, 3.8) is 0 Å². The number of aliphatic hydroxyl groups excluding tert-OH is 1. The van der Waals surface area contributed by atoms with Crippen LogP contribution >= 0.6 is 0 Å². The molecule has 3 heterocycles. The van der Waals surface area contributed by atoms with E-state index in [-0.39, 0.29) is 37.4 Å². The maximum Gasteiger partial charge on any atom is 0.253 e. The number of carbonyl (C=O) groups is 3. The zero-order valence-corrected chi connectivity index (χ0v) is 23.4. The Labute approximate surface area is 240 Å². The molecule has 2 aromatic carbocycles. The molecule has 0 aromatic heterocycles. The lowest BCUT2D eigenvalue weighted by Crippen LogP contribution is -2.57. The Hall–Kier alpha value is -3.95. The van der Waals surface area contributed by atoms with Gasteiger partial charge in [0.15, 0.2) is 0 Å². The monoisotopic (exact) mass is 559 g/mol. The number of ether oxygens (including phenoxy) is 2. The second-order valence-electron chi connectivity index (χ2n) is 10.7. The van der Waals surface area contributed by atoms with Crippen molar-refractivity contribution < 1.29 is 29.0 Å². The van der Waals surface area contributed by atoms with E-state index in [4.69, 9.17) is 9.47 Å². The molecule has 3 aliphatic heterocycles. The molecule has 216 valence electrons. The van der Waals surface area contributed by atoms with Crippen LogP contribution in [0.3, 0.4) is 0 Å². The van der Waals surface area contributed by atoms with Gasteiger partial charge in [0.25, 0.3) is 5.91 Å². The first-order chi connectivity index (χ1) is 19.9. The zero-order valence-electron chi connectivity index (χ0n) is 23.4. The number of methoxy groups -OCH3 is 1. The molecular formula is C32H37N3O6. The minimum Gasteiger partial charge on any atom is -0.497 e. The molecule has 9 heteroatoms. The number of rotatable bonds is 12. The largest absolute Gasteiger partial charge is 0.497 e. The maximum absolute atomic E-state index is 14.4. The van der Waals surface area contributed by atoms with Gasteiger partial charge in [-0.3, -0.25) is 14.4 Å². The summed E-state index contributed by atoms with van der Waals surface area (Å²) in [6.07, 6.45) is 3.86. The predicted molar refractivity (Wildman–Crippen MR) is 154 cm³/mol. The number of anilines is 1. The molecule has 9 nitrogen and oxygen atoms in total. The maximum atomic E-state index is 14.4. The van der Waals surface area contributed by atoms with Crippen LogP contribution in [0.5, 0.6) is 5.75 Å². The molecule has 1 N–H and O–H groups in total. The van der Waals surface area contributed by atoms with Crippen LogP contribution in [0.15, 0.2) is 79.9 Å². The molecule has 1 spiro atoms. The number of carbonyl (C=O) groups excluding carboxylic acids is 3. The Morgan fingerprint density at radius 2 is 1.80 bits per heavy atom. The summed E-state index contributed by atoms with van der Waals surface area (Å²) in [6, 6.07) is 15.8. The summed E-state index contributed by atoms with van der Waals surface area (Å²) in [5.41, 5.74) is 0.424. The molecular weight excluding hydrogens is 522 g/mol. The molecule has 3 amide bonds. The number of hydrogen-bond donors (Lipinski definition) is 1. The van der Waals surface area contributed by atoms with Crippen LogP contribution in [0.2, 0.25) is 0 Å². The molecule has 0 radical (unpaired) electrons. The third-order valence-electron chi connectivity index (χ3n) is 8.50. The highest BCUT2D eigenvalue weighted by Gasteiger charge is 2.74. The lowest BCUT2D eigenvalue weighted by atomic mass is 9.70. The number of likely N-dealkylation sites (tertiary alicyclic amines) is 1. The van der Waals surface area contributed by atoms with Gasteiger partial charge in [0.05, 0.1) is 31.7 Å². The van der Waals surface area contributed by atoms with E-state index in [0.717, 1.165) is 5.56 Å². The zero-order chi connectivity index (χ0) is 29.1. The second-order valence-corrected chi connectivity index (χ2v) is 10.7. The van der Waals surface area contributed by atoms with E-state index in [2.05, 4.69) is 13.2 Å². The van der Waals surface area contributed by atoms with Gasteiger partial charge in [-0.05, 0) is 42.7 Å². The van der Waals surface area contributed by atoms with E-state index in [0.29, 0.717) is 37.4 Å². The van der Waals surface area contributed by atoms with Gasteiger partial charge < -0.3 is 29.3 Å². The second kappa shape index (κ2) is 11.9. The van der Waals surface area contributed by atoms with E-state index in [1.807, 2.05) is 30.3 Å². The lowest BCUT2D eigenvalue weighted by Gasteiger charge is -2.36. The standard InChI is InChI=1S/C32H37N3O6/c1-4-17-33(21-22-9-7-6-8-10-22)29(37)26-25-15-16-32(41-25)27(26)30(38)35(19-20-36)28(32)31(39)34(18-5-2)23-11-13-24(40-3)14-12-23/h4-14,25-28,36H,1-2,15-21H2,3H3/t25-,26+,27+,28?,32?/m1/s1. The smallest absolute Gasteiger partial charge is 0.253 e. The Balaban J connectivity index is 1.50. The molecule has 2 unspecified atom stereocenters. The summed E-state index contributed by atoms with van der Waals surface area (Å²) in [7, 11) is 1.57. The predicted octanol–water partition coefficient (Wildman–Crippen LogP) is 2.80. The number of hydrogen-bond acceptors (Lipinski definition) is 6. The number of nitrogens with zero attached hydrogens (tertiary/aromatic N) is 3. The van der Waals surface area contributed by atoms with E-state index in [1.54, 1.807) is 53.3 Å². The summed E-state index contributed by atoms with van der Waals surface area (Å²) in [5, 5.41) is 9.91. The van der Waals surface area contributed by atoms with Gasteiger partial charge in [0, 0.05) is 31.9 Å². The van der Waals surface area contributed by atoms with E-state index >= 15 is 0 Å². The van der Waals surface area contributed by atoms with E-state index < -0.39 is 29.6 Å². The van der Waals surface area contributed by atoms with Crippen molar-refractivity contribution >= 4 is 23.4 Å². The van der Waals surface area contributed by atoms with Crippen molar-refractivity contribution in [3.8, 4) is 5.75 Å². The van der Waals surface area contributed by atoms with Crippen molar-refractivity contribution in [2.75, 3.05) is 38.3 Å². The van der Waals surface area contributed by atoms with Crippen molar-refractivity contribution in [2.24, 2.45) is 11.8 Å². The molecule has 3 aliphatic rings. The summed E-state index contributed by atoms with van der Waals surface area (Å²) in [6.45, 7) is 8.21. The van der Waals surface area contributed by atoms with Crippen molar-refractivity contribution in [1.82, 2.24) is 9.80 Å². The molecule has 3 fully saturated rings. The molecule has 41 heavy (non-hydrogen) atoms. The van der Waals surface area contributed by atoms with Gasteiger partial charge in [-0.1, -0.05) is 42.5 Å². The molecule has 5 atom stereocenters. The first-order valence-electron chi connectivity index (χ1n) is 14.0. The van der Waals surface area contributed by atoms with Crippen LogP contribution in [-0.2, 0) is 25.7 Å². The van der Waals surface area contributed by atoms with Crippen LogP contribution in [0.25, 0.3) is 0 Å². The highest BCUT2D eigenvalue weighted by atomic mass is 16.5. The SMILES string of the molecule is C=CCN(Cc1ccccc1)C(=O)[C@@H]1[C@H]2C(=O)N(CCO)C(C(=O)N(CC=C)c3ccc(OC)cc3)C23CC[C@H]1O3. The van der Waals surface area contributed by atoms with Crippen LogP contribution in [0.4, 0.5) is 5.69 Å². The minimum absolute atomic E-state index is 0.0344. The van der Waals surface area contributed by atoms with Crippen molar-refractivity contribution in [1.29, 1.82) is 0 Å². The number of aliphatic hydroxyl groups is 1. The average molecular weight is 560 g/mol. The number of β-amino-alcohol motifs (C(OH)–C–C–N with tert-alkyl or cyclic N) is 1. The number of benzene rings is 2. The van der Waals surface area contributed by atoms with E-state index in [1.165, 1.54) is 4.90 Å². The third-order valence-corrected chi connectivity index (χ3v) is 8.50. The molecule has 2 aromatic rings. The van der Waals surface area contributed by atoms with Crippen molar-refractivity contribution in [2.45, 2.75) is 37.1 Å². The topological polar surface area (TPSA) is 99.6 Å². The fourth-order valence-electron chi connectivity index (χ4n) is 6.83. The normalized spacial score (nSPS) is 26.0. The Morgan fingerprint density at radius 3 is 2.44 bits per heavy atom. The Morgan fingerprint density at radius 1 is 1.10 bits per heavy atom. The molecule has 5 rings (SSSR count). The molecule has 0 aliphatic carbocycles. The van der Waals surface area contributed by atoms with Crippen LogP contribution in [0.1, 0.15) is 18.4 Å². The summed E-state index contributed by atoms with van der Waals surface area (Å²) in [4.78, 5) is 47.3. The minimum atomic E-state index is -1.16. The molecule has 3 saturated heterocycles. The number of amides is 3. The highest BCUT2D eigenvalue weighted by molar-refractivity contribution is 6.05. The van der Waals surface area contributed by atoms with Gasteiger partial charge in [-0.15, -0.1) is 13.2 Å². The van der Waals surface area contributed by atoms with Crippen molar-refractivity contribution in [3.05, 3.63) is 85.5 Å². The first-order valence-corrected chi connectivity index (χ1v) is 14.0. The lowest BCUT2D eigenvalue weighted by molar-refractivity contribution is -0.145. The van der Waals surface area contributed by atoms with Gasteiger partial charge in [-0.2, -0.15) is 0 Å². The highest BCUT2D eigenvalue weighted by Crippen LogP contribution is 2.59. The fraction of sp³-hybridized carbons (Fsp3) is 0.406. The molecule has 0 saturated carbocycles. The fourth-order valence-corrected chi connectivity index (χ4v) is 6.83. The first kappa shape index (κ1) is 28.6. The van der Waals surface area contributed by atoms with Gasteiger partial charge in [0.1, 0.15) is 17.4 Å². The third kappa shape index (κ3) is 4.93. The van der Waals surface area contributed by atoms with Crippen LogP contribution < -0.4 is 9.64 Å². The summed E-state index contributed by atoms with van der Waals surface area (Å²) in [5.74, 6) is -1.75. The van der Waals surface area contributed by atoms with Gasteiger partial charge >= 0.3 is 0 Å². The average Bonchev–Trinajstić information content (AvgIpc) is 3.63. The Kier molecular flexibility index (Phi) is 8.28. The number of fused-ring (bicyclic) bond motifs is 1. The van der Waals surface area contributed by atoms with E-state index in [9.17, 15) is 19.5 Å². The summed E-state index contributed by atoms with van der Waals surface area (Å²) >= 11 is 0. The summed E-state index contributed by atoms with van der Waals surface area (Å²) < 4.78 is 11.8. The van der Waals surface area contributed by atoms with Gasteiger partial charge in [0.2, 0.25) is 11.8 Å². The van der Waals surface area contributed by atoms with Crippen LogP contribution in [-0.4, -0.2) is 83.7 Å². The van der Waals surface area contributed by atoms with Crippen LogP contribution in [0, 0.1) is 11.8 Å². The van der Waals surface area contributed by atoms with Gasteiger partial charge in [-0.25, -0.2) is 0 Å². The molecule has 2 bridgehead atoms. The quantitative estimate of drug-likeness (QED) is 0.402.